The van der Waals surface area contributed by atoms with Gasteiger partial charge in [0, 0.05) is 11.0 Å². The van der Waals surface area contributed by atoms with E-state index >= 15 is 0 Å². The number of Topliss-reactive ketones (excluding diaryl/α,β-unsaturated/α-hetero) is 2. The monoisotopic (exact) mass is 228 g/mol. The molecular formula is C15H16O2. The van der Waals surface area contributed by atoms with Crippen LogP contribution in [0.4, 0.5) is 0 Å². The Morgan fingerprint density at radius 1 is 0.941 bits per heavy atom. The van der Waals surface area contributed by atoms with E-state index in [0.717, 1.165) is 44.1 Å². The minimum Gasteiger partial charge on any atom is -0.290 e. The van der Waals surface area contributed by atoms with Gasteiger partial charge in [-0.3, -0.25) is 9.59 Å². The van der Waals surface area contributed by atoms with Gasteiger partial charge < -0.3 is 0 Å². The maximum Gasteiger partial charge on any atom is 0.229 e. The molecule has 0 atom stereocenters. The highest BCUT2D eigenvalue weighted by Gasteiger charge is 2.45. The van der Waals surface area contributed by atoms with Crippen molar-refractivity contribution in [2.45, 2.75) is 38.5 Å². The van der Waals surface area contributed by atoms with E-state index in [0.29, 0.717) is 5.56 Å². The van der Waals surface area contributed by atoms with Gasteiger partial charge in [-0.25, -0.2) is 0 Å². The number of benzene rings is 1. The van der Waals surface area contributed by atoms with Gasteiger partial charge in [-0.1, -0.05) is 37.1 Å². The van der Waals surface area contributed by atoms with E-state index in [-0.39, 0.29) is 17.0 Å². The van der Waals surface area contributed by atoms with Gasteiger partial charge in [0.1, 0.15) is 0 Å². The molecule has 2 heteroatoms. The van der Waals surface area contributed by atoms with Crippen LogP contribution in [0.1, 0.15) is 48.0 Å². The summed E-state index contributed by atoms with van der Waals surface area (Å²) in [6, 6.07) is 7.57. The van der Waals surface area contributed by atoms with Crippen molar-refractivity contribution >= 4 is 11.6 Å². The van der Waals surface area contributed by atoms with Crippen molar-refractivity contribution < 1.29 is 9.59 Å². The Bertz CT molecular complexity index is 481. The van der Waals surface area contributed by atoms with E-state index in [1.807, 2.05) is 18.2 Å². The molecule has 0 bridgehead atoms. The largest absolute Gasteiger partial charge is 0.290 e. The minimum atomic E-state index is -0.323. The first-order chi connectivity index (χ1) is 8.23. The first kappa shape index (κ1) is 10.7. The number of hydrogen-bond donors (Lipinski definition) is 0. The maximum absolute atomic E-state index is 12.4. The molecule has 2 nitrogen and oxygen atoms in total. The topological polar surface area (TPSA) is 34.1 Å². The first-order valence-electron chi connectivity index (χ1n) is 6.40. The molecule has 0 unspecified atom stereocenters. The molecule has 0 radical (unpaired) electrons. The van der Waals surface area contributed by atoms with Crippen molar-refractivity contribution in [3.63, 3.8) is 0 Å². The Hall–Kier alpha value is -1.44. The smallest absolute Gasteiger partial charge is 0.229 e. The molecular weight excluding hydrogens is 212 g/mol. The lowest BCUT2D eigenvalue weighted by atomic mass is 9.77. The molecule has 2 aliphatic rings. The van der Waals surface area contributed by atoms with Gasteiger partial charge in [0.05, 0.1) is 0 Å². The van der Waals surface area contributed by atoms with E-state index in [2.05, 4.69) is 0 Å². The summed E-state index contributed by atoms with van der Waals surface area (Å²) >= 11 is 0. The second-order valence-electron chi connectivity index (χ2n) is 5.30. The Kier molecular flexibility index (Phi) is 2.39. The Balaban J connectivity index is 2.06. The normalized spacial score (nSPS) is 22.6. The molecule has 0 saturated heterocycles. The molecule has 1 saturated carbocycles. The Labute approximate surface area is 101 Å². The summed E-state index contributed by atoms with van der Waals surface area (Å²) in [5.41, 5.74) is 1.37. The lowest BCUT2D eigenvalue weighted by molar-refractivity contribution is -0.124. The van der Waals surface area contributed by atoms with Crippen LogP contribution in [-0.2, 0) is 11.2 Å². The summed E-state index contributed by atoms with van der Waals surface area (Å²) in [7, 11) is 0. The summed E-state index contributed by atoms with van der Waals surface area (Å²) in [4.78, 5) is 24.6. The lowest BCUT2D eigenvalue weighted by Gasteiger charge is -2.24. The van der Waals surface area contributed by atoms with Gasteiger partial charge in [-0.15, -0.1) is 0 Å². The van der Waals surface area contributed by atoms with Crippen molar-refractivity contribution in [3.8, 4) is 0 Å². The van der Waals surface area contributed by atoms with E-state index < -0.39 is 0 Å². The van der Waals surface area contributed by atoms with Crippen LogP contribution < -0.4 is 0 Å². The van der Waals surface area contributed by atoms with Crippen molar-refractivity contribution in [3.05, 3.63) is 35.4 Å². The summed E-state index contributed by atoms with van der Waals surface area (Å²) < 4.78 is 0. The fourth-order valence-corrected chi connectivity index (χ4v) is 3.34. The number of aryl methyl sites for hydroxylation is 1. The second-order valence-corrected chi connectivity index (χ2v) is 5.30. The summed E-state index contributed by atoms with van der Waals surface area (Å²) in [5.74, 6) is -0.375. The van der Waals surface area contributed by atoms with Gasteiger partial charge in [0.2, 0.25) is 11.6 Å². The molecule has 0 heterocycles. The quantitative estimate of drug-likeness (QED) is 0.640. The molecule has 1 spiro atoms. The predicted octanol–water partition coefficient (Wildman–Crippen LogP) is 2.95. The van der Waals surface area contributed by atoms with E-state index in [1.165, 1.54) is 0 Å². The Morgan fingerprint density at radius 2 is 1.65 bits per heavy atom. The fourth-order valence-electron chi connectivity index (χ4n) is 3.34. The number of hydrogen-bond acceptors (Lipinski definition) is 2. The Morgan fingerprint density at radius 3 is 2.41 bits per heavy atom. The zero-order valence-corrected chi connectivity index (χ0v) is 9.87. The van der Waals surface area contributed by atoms with Crippen molar-refractivity contribution in [1.82, 2.24) is 0 Å². The predicted molar refractivity (Wildman–Crippen MR) is 65.0 cm³/mol. The molecule has 17 heavy (non-hydrogen) atoms. The van der Waals surface area contributed by atoms with Gasteiger partial charge in [0.15, 0.2) is 0 Å². The van der Waals surface area contributed by atoms with Crippen LogP contribution in [0.25, 0.3) is 0 Å². The third-order valence-corrected chi connectivity index (χ3v) is 4.38. The number of ketones is 2. The number of carbonyl (C=O) groups is 2. The average Bonchev–Trinajstić information content (AvgIpc) is 2.81. The van der Waals surface area contributed by atoms with Crippen LogP contribution in [0.3, 0.4) is 0 Å². The average molecular weight is 228 g/mol. The molecule has 0 aliphatic heterocycles. The SMILES string of the molecule is O=C1C(=O)C2(CCCC2)CCc2ccccc21. The molecule has 1 aromatic rings. The zero-order chi connectivity index (χ0) is 11.9. The molecule has 0 amide bonds. The molecule has 1 fully saturated rings. The van der Waals surface area contributed by atoms with Crippen LogP contribution >= 0.6 is 0 Å². The number of carbonyl (C=O) groups excluding carboxylic acids is 2. The highest BCUT2D eigenvalue weighted by molar-refractivity contribution is 6.46. The summed E-state index contributed by atoms with van der Waals surface area (Å²) in [6.07, 6.45) is 5.73. The third-order valence-electron chi connectivity index (χ3n) is 4.38. The minimum absolute atomic E-state index is 0.125. The first-order valence-corrected chi connectivity index (χ1v) is 6.40. The van der Waals surface area contributed by atoms with Crippen LogP contribution in [0.15, 0.2) is 24.3 Å². The van der Waals surface area contributed by atoms with Crippen molar-refractivity contribution in [1.29, 1.82) is 0 Å². The van der Waals surface area contributed by atoms with Crippen LogP contribution in [0.5, 0.6) is 0 Å². The third kappa shape index (κ3) is 1.54. The fraction of sp³-hybridized carbons (Fsp3) is 0.467. The van der Waals surface area contributed by atoms with Gasteiger partial charge in [0.25, 0.3) is 0 Å². The lowest BCUT2D eigenvalue weighted by Crippen LogP contribution is -2.32. The maximum atomic E-state index is 12.4. The highest BCUT2D eigenvalue weighted by atomic mass is 16.2. The number of rotatable bonds is 0. The molecule has 3 rings (SSSR count). The highest BCUT2D eigenvalue weighted by Crippen LogP contribution is 2.45. The number of fused-ring (bicyclic) bond motifs is 1. The molecule has 88 valence electrons. The van der Waals surface area contributed by atoms with Crippen molar-refractivity contribution in [2.24, 2.45) is 5.41 Å². The molecule has 0 aromatic heterocycles. The second kappa shape index (κ2) is 3.80. The summed E-state index contributed by atoms with van der Waals surface area (Å²) in [6.45, 7) is 0. The van der Waals surface area contributed by atoms with Crippen LogP contribution in [-0.4, -0.2) is 11.6 Å². The van der Waals surface area contributed by atoms with E-state index in [9.17, 15) is 9.59 Å². The van der Waals surface area contributed by atoms with Gasteiger partial charge >= 0.3 is 0 Å². The molecule has 0 N–H and O–H groups in total. The van der Waals surface area contributed by atoms with Crippen molar-refractivity contribution in [2.75, 3.05) is 0 Å². The van der Waals surface area contributed by atoms with Gasteiger partial charge in [-0.2, -0.15) is 0 Å². The van der Waals surface area contributed by atoms with Gasteiger partial charge in [-0.05, 0) is 31.2 Å². The van der Waals surface area contributed by atoms with Crippen LogP contribution in [0.2, 0.25) is 0 Å². The van der Waals surface area contributed by atoms with Crippen LogP contribution in [0, 0.1) is 5.41 Å². The van der Waals surface area contributed by atoms with E-state index in [4.69, 9.17) is 0 Å². The molecule has 2 aliphatic carbocycles. The summed E-state index contributed by atoms with van der Waals surface area (Å²) in [5, 5.41) is 0. The molecule has 1 aromatic carbocycles. The standard InChI is InChI=1S/C15H16O2/c16-13-12-6-2-1-5-11(12)7-10-15(14(13)17)8-3-4-9-15/h1-2,5-6H,3-4,7-10H2. The zero-order valence-electron chi connectivity index (χ0n) is 9.87. The van der Waals surface area contributed by atoms with E-state index in [1.54, 1.807) is 6.07 Å².